The van der Waals surface area contributed by atoms with Gasteiger partial charge < -0.3 is 10.1 Å². The first-order valence-corrected chi connectivity index (χ1v) is 5.96. The number of rotatable bonds is 4. The third-order valence-electron chi connectivity index (χ3n) is 2.78. The van der Waals surface area contributed by atoms with Crippen molar-refractivity contribution in [2.75, 3.05) is 7.11 Å². The second kappa shape index (κ2) is 6.14. The van der Waals surface area contributed by atoms with E-state index < -0.39 is 11.7 Å². The fourth-order valence-corrected chi connectivity index (χ4v) is 1.69. The van der Waals surface area contributed by atoms with Crippen LogP contribution in [0.15, 0.2) is 42.5 Å². The van der Waals surface area contributed by atoms with E-state index in [1.54, 1.807) is 12.1 Å². The van der Waals surface area contributed by atoms with Crippen LogP contribution in [-0.4, -0.2) is 13.0 Å². The maximum atomic E-state index is 13.5. The van der Waals surface area contributed by atoms with Crippen LogP contribution in [0.5, 0.6) is 5.75 Å². The van der Waals surface area contributed by atoms with Crippen molar-refractivity contribution in [1.82, 2.24) is 5.32 Å². The van der Waals surface area contributed by atoms with Crippen LogP contribution in [0, 0.1) is 11.6 Å². The Bertz CT molecular complexity index is 612. The number of hydrogen-bond acceptors (Lipinski definition) is 2. The Hall–Kier alpha value is -2.43. The number of carbonyl (C=O) groups excluding carboxylic acids is 1. The quantitative estimate of drug-likeness (QED) is 0.933. The number of nitrogens with one attached hydrogen (secondary N) is 1. The Kier molecular flexibility index (Phi) is 4.30. The number of carbonyl (C=O) groups is 1. The average Bonchev–Trinajstić information content (AvgIpc) is 2.46. The summed E-state index contributed by atoms with van der Waals surface area (Å²) in [6, 6.07) is 9.75. The number of methoxy groups -OCH3 is 1. The van der Waals surface area contributed by atoms with Crippen LogP contribution < -0.4 is 10.1 Å². The van der Waals surface area contributed by atoms with Gasteiger partial charge in [0.25, 0.3) is 5.91 Å². The third kappa shape index (κ3) is 3.32. The summed E-state index contributed by atoms with van der Waals surface area (Å²) in [6.45, 7) is 0.243. The Morgan fingerprint density at radius 2 is 1.85 bits per heavy atom. The number of hydrogen-bond donors (Lipinski definition) is 1. The van der Waals surface area contributed by atoms with Crippen LogP contribution in [0.4, 0.5) is 8.78 Å². The lowest BCUT2D eigenvalue weighted by Crippen LogP contribution is -2.22. The first-order valence-electron chi connectivity index (χ1n) is 5.96. The van der Waals surface area contributed by atoms with Gasteiger partial charge in [0.15, 0.2) is 11.6 Å². The molecule has 0 saturated heterocycles. The van der Waals surface area contributed by atoms with E-state index in [1.807, 2.05) is 0 Å². The van der Waals surface area contributed by atoms with E-state index in [9.17, 15) is 13.6 Å². The van der Waals surface area contributed by atoms with Crippen molar-refractivity contribution in [1.29, 1.82) is 0 Å². The summed E-state index contributed by atoms with van der Waals surface area (Å²) in [6.07, 6.45) is 0. The van der Waals surface area contributed by atoms with Crippen LogP contribution in [0.2, 0.25) is 0 Å². The van der Waals surface area contributed by atoms with Crippen molar-refractivity contribution in [2.45, 2.75) is 6.54 Å². The summed E-state index contributed by atoms with van der Waals surface area (Å²) < 4.78 is 31.0. The Morgan fingerprint density at radius 3 is 2.45 bits per heavy atom. The zero-order valence-electron chi connectivity index (χ0n) is 10.8. The minimum atomic E-state index is -0.595. The number of ether oxygens (including phenoxy) is 1. The van der Waals surface area contributed by atoms with E-state index >= 15 is 0 Å². The van der Waals surface area contributed by atoms with E-state index in [-0.39, 0.29) is 23.7 Å². The largest absolute Gasteiger partial charge is 0.494 e. The SMILES string of the molecule is COc1ccc(C(=O)NCc2ccc(F)cc2)cc1F. The van der Waals surface area contributed by atoms with E-state index in [2.05, 4.69) is 5.32 Å². The zero-order valence-corrected chi connectivity index (χ0v) is 10.8. The molecular formula is C15H13F2NO2. The molecule has 0 aromatic heterocycles. The normalized spacial score (nSPS) is 10.2. The molecule has 0 spiro atoms. The van der Waals surface area contributed by atoms with Gasteiger partial charge in [-0.05, 0) is 35.9 Å². The van der Waals surface area contributed by atoms with Crippen molar-refractivity contribution in [2.24, 2.45) is 0 Å². The van der Waals surface area contributed by atoms with E-state index in [1.165, 1.54) is 31.4 Å². The van der Waals surface area contributed by atoms with Gasteiger partial charge in [-0.25, -0.2) is 8.78 Å². The predicted octanol–water partition coefficient (Wildman–Crippen LogP) is 2.90. The fourth-order valence-electron chi connectivity index (χ4n) is 1.69. The second-order valence-electron chi connectivity index (χ2n) is 4.16. The van der Waals surface area contributed by atoms with Gasteiger partial charge in [-0.3, -0.25) is 4.79 Å². The van der Waals surface area contributed by atoms with Crippen LogP contribution in [0.1, 0.15) is 15.9 Å². The summed E-state index contributed by atoms with van der Waals surface area (Å²) in [5, 5.41) is 2.63. The van der Waals surface area contributed by atoms with Crippen molar-refractivity contribution >= 4 is 5.91 Å². The van der Waals surface area contributed by atoms with Gasteiger partial charge in [0, 0.05) is 12.1 Å². The van der Waals surface area contributed by atoms with E-state index in [0.29, 0.717) is 0 Å². The van der Waals surface area contributed by atoms with E-state index in [0.717, 1.165) is 11.6 Å². The molecule has 0 aliphatic heterocycles. The summed E-state index contributed by atoms with van der Waals surface area (Å²) in [5.74, 6) is -1.25. The molecule has 1 amide bonds. The molecule has 0 atom stereocenters. The van der Waals surface area contributed by atoms with Crippen molar-refractivity contribution in [3.05, 3.63) is 65.2 Å². The summed E-state index contributed by atoms with van der Waals surface area (Å²) in [7, 11) is 1.35. The predicted molar refractivity (Wildman–Crippen MR) is 70.5 cm³/mol. The zero-order chi connectivity index (χ0) is 14.5. The Balaban J connectivity index is 2.01. The molecule has 1 N–H and O–H groups in total. The lowest BCUT2D eigenvalue weighted by atomic mass is 10.1. The van der Waals surface area contributed by atoms with Gasteiger partial charge in [0.2, 0.25) is 0 Å². The molecule has 2 rings (SSSR count). The van der Waals surface area contributed by atoms with Gasteiger partial charge in [-0.1, -0.05) is 12.1 Å². The molecule has 5 heteroatoms. The van der Waals surface area contributed by atoms with Crippen LogP contribution in [0.3, 0.4) is 0 Å². The molecular weight excluding hydrogens is 264 g/mol. The molecule has 0 fully saturated rings. The highest BCUT2D eigenvalue weighted by Gasteiger charge is 2.09. The highest BCUT2D eigenvalue weighted by Crippen LogP contribution is 2.17. The lowest BCUT2D eigenvalue weighted by Gasteiger charge is -2.07. The van der Waals surface area contributed by atoms with Crippen molar-refractivity contribution in [3.8, 4) is 5.75 Å². The summed E-state index contributed by atoms with van der Waals surface area (Å²) in [4.78, 5) is 11.8. The molecule has 0 aliphatic rings. The molecule has 0 saturated carbocycles. The molecule has 0 unspecified atom stereocenters. The monoisotopic (exact) mass is 277 g/mol. The maximum absolute atomic E-state index is 13.5. The van der Waals surface area contributed by atoms with Crippen molar-refractivity contribution < 1.29 is 18.3 Å². The van der Waals surface area contributed by atoms with Crippen molar-refractivity contribution in [3.63, 3.8) is 0 Å². The number of amides is 1. The molecule has 2 aromatic rings. The standard InChI is InChI=1S/C15H13F2NO2/c1-20-14-7-4-11(8-13(14)17)15(19)18-9-10-2-5-12(16)6-3-10/h2-8H,9H2,1H3,(H,18,19). The van der Waals surface area contributed by atoms with Crippen LogP contribution in [0.25, 0.3) is 0 Å². The van der Waals surface area contributed by atoms with Gasteiger partial charge >= 0.3 is 0 Å². The van der Waals surface area contributed by atoms with Gasteiger partial charge in [0.05, 0.1) is 7.11 Å². The van der Waals surface area contributed by atoms with Gasteiger partial charge in [-0.2, -0.15) is 0 Å². The highest BCUT2D eigenvalue weighted by atomic mass is 19.1. The minimum Gasteiger partial charge on any atom is -0.494 e. The fraction of sp³-hybridized carbons (Fsp3) is 0.133. The Labute approximate surface area is 115 Å². The number of benzene rings is 2. The molecule has 0 bridgehead atoms. The lowest BCUT2D eigenvalue weighted by molar-refractivity contribution is 0.0950. The van der Waals surface area contributed by atoms with Crippen LogP contribution in [-0.2, 0) is 6.54 Å². The molecule has 0 aliphatic carbocycles. The van der Waals surface area contributed by atoms with E-state index in [4.69, 9.17) is 4.74 Å². The maximum Gasteiger partial charge on any atom is 0.251 e. The third-order valence-corrected chi connectivity index (χ3v) is 2.78. The first-order chi connectivity index (χ1) is 9.60. The first kappa shape index (κ1) is 14.0. The molecule has 104 valence electrons. The topological polar surface area (TPSA) is 38.3 Å². The molecule has 0 radical (unpaired) electrons. The van der Waals surface area contributed by atoms with Gasteiger partial charge in [0.1, 0.15) is 5.82 Å². The molecule has 20 heavy (non-hydrogen) atoms. The minimum absolute atomic E-state index is 0.0834. The molecule has 0 heterocycles. The molecule has 3 nitrogen and oxygen atoms in total. The second-order valence-corrected chi connectivity index (χ2v) is 4.16. The average molecular weight is 277 g/mol. The summed E-state index contributed by atoms with van der Waals surface area (Å²) >= 11 is 0. The smallest absolute Gasteiger partial charge is 0.251 e. The van der Waals surface area contributed by atoms with Gasteiger partial charge in [-0.15, -0.1) is 0 Å². The van der Waals surface area contributed by atoms with Crippen LogP contribution >= 0.6 is 0 Å². The summed E-state index contributed by atoms with van der Waals surface area (Å²) in [5.41, 5.74) is 0.958. The molecule has 2 aromatic carbocycles. The Morgan fingerprint density at radius 1 is 1.15 bits per heavy atom. The number of halogens is 2. The highest BCUT2D eigenvalue weighted by molar-refractivity contribution is 5.94.